The molecule has 4 rings (SSSR count). The van der Waals surface area contributed by atoms with Crippen LogP contribution in [-0.4, -0.2) is 41.8 Å². The molecule has 35 heavy (non-hydrogen) atoms. The Morgan fingerprint density at radius 3 is 2.26 bits per heavy atom. The van der Waals surface area contributed by atoms with Gasteiger partial charge >= 0.3 is 0 Å². The van der Waals surface area contributed by atoms with Gasteiger partial charge in [-0.3, -0.25) is 14.4 Å². The molecule has 1 unspecified atom stereocenters. The van der Waals surface area contributed by atoms with E-state index < -0.39 is 6.04 Å². The van der Waals surface area contributed by atoms with E-state index in [-0.39, 0.29) is 36.0 Å². The Morgan fingerprint density at radius 1 is 0.886 bits per heavy atom. The number of nitrogens with zero attached hydrogens (tertiary/aromatic N) is 1. The molecule has 1 heterocycles. The van der Waals surface area contributed by atoms with Crippen LogP contribution in [-0.2, 0) is 20.8 Å². The van der Waals surface area contributed by atoms with Gasteiger partial charge in [0, 0.05) is 24.7 Å². The largest absolute Gasteiger partial charge is 0.344 e. The smallest absolute Gasteiger partial charge is 0.245 e. The van der Waals surface area contributed by atoms with Gasteiger partial charge in [-0.2, -0.15) is 0 Å². The summed E-state index contributed by atoms with van der Waals surface area (Å²) >= 11 is 0. The molecule has 0 saturated carbocycles. The van der Waals surface area contributed by atoms with Crippen LogP contribution < -0.4 is 10.6 Å². The maximum atomic E-state index is 13.3. The molecule has 6 nitrogen and oxygen atoms in total. The molecule has 1 aliphatic heterocycles. The molecule has 3 amide bonds. The molecule has 1 aliphatic rings. The predicted molar refractivity (Wildman–Crippen MR) is 139 cm³/mol. The van der Waals surface area contributed by atoms with E-state index in [0.29, 0.717) is 25.9 Å². The molecule has 0 bridgehead atoms. The van der Waals surface area contributed by atoms with Crippen molar-refractivity contribution in [3.63, 3.8) is 0 Å². The van der Waals surface area contributed by atoms with Crippen LogP contribution in [0.2, 0.25) is 0 Å². The van der Waals surface area contributed by atoms with E-state index in [4.69, 9.17) is 0 Å². The molecule has 1 atom stereocenters. The summed E-state index contributed by atoms with van der Waals surface area (Å²) in [5.41, 5.74) is 1.73. The highest BCUT2D eigenvalue weighted by Crippen LogP contribution is 2.22. The zero-order chi connectivity index (χ0) is 24.8. The van der Waals surface area contributed by atoms with Crippen molar-refractivity contribution >= 4 is 34.2 Å². The minimum Gasteiger partial charge on any atom is -0.344 e. The third-order valence-electron chi connectivity index (χ3n) is 6.70. The quantitative estimate of drug-likeness (QED) is 0.536. The predicted octanol–water partition coefficient (Wildman–Crippen LogP) is 4.40. The Labute approximate surface area is 206 Å². The molecule has 3 aromatic rings. The number of fused-ring (bicyclic) bond motifs is 1. The minimum atomic E-state index is -0.591. The van der Waals surface area contributed by atoms with Crippen molar-refractivity contribution < 1.29 is 14.4 Å². The van der Waals surface area contributed by atoms with Crippen LogP contribution in [0.15, 0.2) is 72.8 Å². The molecule has 0 aliphatic carbocycles. The van der Waals surface area contributed by atoms with Crippen LogP contribution in [0.5, 0.6) is 0 Å². The van der Waals surface area contributed by atoms with E-state index in [1.54, 1.807) is 4.90 Å². The number of nitrogens with one attached hydrogen (secondary N) is 2. The zero-order valence-electron chi connectivity index (χ0n) is 20.4. The lowest BCUT2D eigenvalue weighted by Crippen LogP contribution is -2.53. The van der Waals surface area contributed by atoms with Crippen LogP contribution in [0, 0.1) is 11.8 Å². The summed E-state index contributed by atoms with van der Waals surface area (Å²) in [6, 6.07) is 22.8. The van der Waals surface area contributed by atoms with E-state index in [1.165, 1.54) is 0 Å². The zero-order valence-corrected chi connectivity index (χ0v) is 20.4. The van der Waals surface area contributed by atoms with E-state index in [2.05, 4.69) is 10.6 Å². The monoisotopic (exact) mass is 471 g/mol. The van der Waals surface area contributed by atoms with Crippen LogP contribution in [0.4, 0.5) is 5.69 Å². The maximum absolute atomic E-state index is 13.3. The second kappa shape index (κ2) is 11.2. The Bertz CT molecular complexity index is 1180. The van der Waals surface area contributed by atoms with Gasteiger partial charge in [0.15, 0.2) is 0 Å². The summed E-state index contributed by atoms with van der Waals surface area (Å²) in [5.74, 6) is -0.415. The first-order chi connectivity index (χ1) is 16.9. The van der Waals surface area contributed by atoms with Gasteiger partial charge in [-0.15, -0.1) is 0 Å². The Balaban J connectivity index is 1.34. The highest BCUT2D eigenvalue weighted by molar-refractivity contribution is 5.94. The molecule has 1 fully saturated rings. The van der Waals surface area contributed by atoms with Gasteiger partial charge in [-0.25, -0.2) is 0 Å². The number of hydrogen-bond donors (Lipinski definition) is 2. The van der Waals surface area contributed by atoms with Crippen LogP contribution in [0.25, 0.3) is 10.8 Å². The first-order valence-electron chi connectivity index (χ1n) is 12.3. The van der Waals surface area contributed by atoms with Crippen molar-refractivity contribution in [2.45, 2.75) is 39.2 Å². The standard InChI is InChI=1S/C29H33N3O3/c1-20(2)27(31-26(33)19-23-11-8-10-21-9-6-7-14-25(21)23)29(35)32-17-15-22(16-18-32)28(34)30-24-12-4-3-5-13-24/h3-14,20,22,27H,15-19H2,1-2H3,(H,30,34)(H,31,33). The maximum Gasteiger partial charge on any atom is 0.245 e. The summed E-state index contributed by atoms with van der Waals surface area (Å²) < 4.78 is 0. The van der Waals surface area contributed by atoms with Crippen molar-refractivity contribution in [2.75, 3.05) is 18.4 Å². The second-order valence-electron chi connectivity index (χ2n) is 9.56. The lowest BCUT2D eigenvalue weighted by molar-refractivity contribution is -0.139. The molecule has 2 N–H and O–H groups in total. The van der Waals surface area contributed by atoms with Crippen molar-refractivity contribution in [1.29, 1.82) is 0 Å². The first-order valence-corrected chi connectivity index (χ1v) is 12.3. The number of hydrogen-bond acceptors (Lipinski definition) is 3. The third kappa shape index (κ3) is 6.07. The summed E-state index contributed by atoms with van der Waals surface area (Å²) in [7, 11) is 0. The normalized spacial score (nSPS) is 15.1. The Morgan fingerprint density at radius 2 is 1.54 bits per heavy atom. The number of para-hydroxylation sites is 1. The van der Waals surface area contributed by atoms with Crippen molar-refractivity contribution in [1.82, 2.24) is 10.2 Å². The second-order valence-corrected chi connectivity index (χ2v) is 9.56. The topological polar surface area (TPSA) is 78.5 Å². The van der Waals surface area contributed by atoms with E-state index in [1.807, 2.05) is 86.6 Å². The van der Waals surface area contributed by atoms with Gasteiger partial charge in [0.05, 0.1) is 6.42 Å². The molecular weight excluding hydrogens is 438 g/mol. The van der Waals surface area contributed by atoms with E-state index in [0.717, 1.165) is 22.0 Å². The fraction of sp³-hybridized carbons (Fsp3) is 0.345. The van der Waals surface area contributed by atoms with Gasteiger partial charge in [-0.1, -0.05) is 74.5 Å². The summed E-state index contributed by atoms with van der Waals surface area (Å²) in [6.45, 7) is 4.91. The van der Waals surface area contributed by atoms with Crippen LogP contribution >= 0.6 is 0 Å². The average molecular weight is 472 g/mol. The van der Waals surface area contributed by atoms with Crippen LogP contribution in [0.3, 0.4) is 0 Å². The summed E-state index contributed by atoms with van der Waals surface area (Å²) in [5, 5.41) is 8.08. The van der Waals surface area contributed by atoms with Gasteiger partial charge in [0.25, 0.3) is 0 Å². The van der Waals surface area contributed by atoms with E-state index >= 15 is 0 Å². The number of piperidine rings is 1. The number of rotatable bonds is 7. The summed E-state index contributed by atoms with van der Waals surface area (Å²) in [4.78, 5) is 40.7. The van der Waals surface area contributed by atoms with Crippen LogP contribution in [0.1, 0.15) is 32.3 Å². The number of anilines is 1. The Hall–Kier alpha value is -3.67. The van der Waals surface area contributed by atoms with Gasteiger partial charge < -0.3 is 15.5 Å². The minimum absolute atomic E-state index is 0.00732. The first kappa shape index (κ1) is 24.5. The third-order valence-corrected chi connectivity index (χ3v) is 6.70. The van der Waals surface area contributed by atoms with Crippen molar-refractivity contribution in [2.24, 2.45) is 11.8 Å². The van der Waals surface area contributed by atoms with Crippen molar-refractivity contribution in [3.05, 3.63) is 78.4 Å². The molecule has 1 saturated heterocycles. The molecule has 0 aromatic heterocycles. The van der Waals surface area contributed by atoms with Gasteiger partial charge in [-0.05, 0) is 47.2 Å². The molecule has 0 spiro atoms. The number of amides is 3. The number of carbonyl (C=O) groups excluding carboxylic acids is 3. The highest BCUT2D eigenvalue weighted by Gasteiger charge is 2.33. The molecule has 182 valence electrons. The lowest BCUT2D eigenvalue weighted by Gasteiger charge is -2.35. The van der Waals surface area contributed by atoms with E-state index in [9.17, 15) is 14.4 Å². The molecule has 3 aromatic carbocycles. The van der Waals surface area contributed by atoms with Crippen molar-refractivity contribution in [3.8, 4) is 0 Å². The fourth-order valence-electron chi connectivity index (χ4n) is 4.68. The SMILES string of the molecule is CC(C)C(NC(=O)Cc1cccc2ccccc12)C(=O)N1CCC(C(=O)Nc2ccccc2)CC1. The molecule has 6 heteroatoms. The molecular formula is C29H33N3O3. The average Bonchev–Trinajstić information content (AvgIpc) is 2.87. The number of carbonyl (C=O) groups is 3. The number of benzene rings is 3. The summed E-state index contributed by atoms with van der Waals surface area (Å²) in [6.07, 6.45) is 1.44. The Kier molecular flexibility index (Phi) is 7.80. The van der Waals surface area contributed by atoms with Gasteiger partial charge in [0.1, 0.15) is 6.04 Å². The number of likely N-dealkylation sites (tertiary alicyclic amines) is 1. The van der Waals surface area contributed by atoms with Gasteiger partial charge in [0.2, 0.25) is 17.7 Å². The lowest BCUT2D eigenvalue weighted by atomic mass is 9.94. The fourth-order valence-corrected chi connectivity index (χ4v) is 4.68. The molecule has 0 radical (unpaired) electrons. The highest BCUT2D eigenvalue weighted by atomic mass is 16.2.